The van der Waals surface area contributed by atoms with Crippen LogP contribution in [0.15, 0.2) is 18.2 Å². The number of unbranched alkanes of at least 4 members (excludes halogenated alkanes) is 11. The molecular weight excluding hydrogens is 444 g/mol. The first-order valence-electron chi connectivity index (χ1n) is 15.0. The van der Waals surface area contributed by atoms with Gasteiger partial charge in [0, 0.05) is 17.8 Å². The molecule has 2 aliphatic rings. The van der Waals surface area contributed by atoms with Crippen LogP contribution in [-0.2, 0) is 19.3 Å². The fourth-order valence-corrected chi connectivity index (χ4v) is 6.14. The van der Waals surface area contributed by atoms with Crippen molar-refractivity contribution in [1.29, 1.82) is 0 Å². The topological polar surface area (TPSA) is 72.9 Å². The number of nitrogen functional groups attached to an aromatic ring is 1. The fourth-order valence-electron chi connectivity index (χ4n) is 6.14. The van der Waals surface area contributed by atoms with Crippen LogP contribution >= 0.6 is 0 Å². The molecule has 36 heavy (non-hydrogen) atoms. The zero-order valence-electron chi connectivity index (χ0n) is 22.6. The van der Waals surface area contributed by atoms with E-state index >= 15 is 0 Å². The molecule has 198 valence electrons. The van der Waals surface area contributed by atoms with E-state index in [9.17, 15) is 4.79 Å². The Balaban J connectivity index is 1.25. The highest BCUT2D eigenvalue weighted by Gasteiger charge is 2.32. The first-order valence-corrected chi connectivity index (χ1v) is 15.0. The molecule has 2 aromatic rings. The lowest BCUT2D eigenvalue weighted by molar-refractivity contribution is 0.0859. The molecule has 4 rings (SSSR count). The number of anilines is 2. The van der Waals surface area contributed by atoms with Crippen molar-refractivity contribution in [2.75, 3.05) is 17.6 Å². The van der Waals surface area contributed by atoms with Crippen LogP contribution < -0.4 is 11.1 Å². The van der Waals surface area contributed by atoms with Crippen LogP contribution in [0.2, 0.25) is 0 Å². The van der Waals surface area contributed by atoms with Crippen LogP contribution in [0.25, 0.3) is 0 Å². The van der Waals surface area contributed by atoms with Gasteiger partial charge in [0.2, 0.25) is 0 Å². The molecule has 1 aromatic heterocycles. The van der Waals surface area contributed by atoms with Gasteiger partial charge in [0.25, 0.3) is 5.91 Å². The van der Waals surface area contributed by atoms with Gasteiger partial charge in [-0.15, -0.1) is 0 Å². The number of fused-ring (bicyclic) bond motifs is 2. The highest BCUT2D eigenvalue weighted by atomic mass is 16.2. The molecule has 0 fully saturated rings. The molecule has 5 heteroatoms. The van der Waals surface area contributed by atoms with Gasteiger partial charge in [0.05, 0.1) is 11.6 Å². The van der Waals surface area contributed by atoms with Crippen molar-refractivity contribution in [2.24, 2.45) is 0 Å². The highest BCUT2D eigenvalue weighted by molar-refractivity contribution is 5.90. The monoisotopic (exact) mass is 492 g/mol. The lowest BCUT2D eigenvalue weighted by Crippen LogP contribution is -2.29. The maximum absolute atomic E-state index is 13.6. The van der Waals surface area contributed by atoms with Gasteiger partial charge in [-0.1, -0.05) is 95.8 Å². The van der Waals surface area contributed by atoms with Crippen molar-refractivity contribution in [2.45, 2.75) is 128 Å². The van der Waals surface area contributed by atoms with E-state index in [1.807, 2.05) is 0 Å². The number of hydrogen-bond acceptors (Lipinski definition) is 4. The van der Waals surface area contributed by atoms with Gasteiger partial charge in [-0.3, -0.25) is 4.79 Å². The van der Waals surface area contributed by atoms with Gasteiger partial charge in [-0.05, 0) is 56.1 Å². The normalized spacial score (nSPS) is 16.9. The number of nitrogens with zero attached hydrogens (tertiary/aromatic N) is 2. The average molecular weight is 493 g/mol. The number of aromatic nitrogens is 2. The standard InChI is InChI=1S/C31H48N4O/c1-2-3-4-5-6-7-8-9-10-11-12-13-17-24-18-16-20-25-26(22-23-33-29(24)25)31(36)35-30(32)27-19-14-15-21-28(27)34-35/h16,18,20,26,33H,2-15,17,19,21-23,32H2,1H3. The molecule has 1 unspecified atom stereocenters. The molecule has 0 radical (unpaired) electrons. The largest absolute Gasteiger partial charge is 0.385 e. The summed E-state index contributed by atoms with van der Waals surface area (Å²) >= 11 is 0. The van der Waals surface area contributed by atoms with E-state index in [0.717, 1.165) is 61.9 Å². The van der Waals surface area contributed by atoms with Gasteiger partial charge in [0.15, 0.2) is 0 Å². The number of nitrogens with two attached hydrogens (primary N) is 1. The van der Waals surface area contributed by atoms with Crippen LogP contribution in [0, 0.1) is 0 Å². The van der Waals surface area contributed by atoms with Crippen molar-refractivity contribution in [1.82, 2.24) is 9.78 Å². The number of rotatable bonds is 14. The lowest BCUT2D eigenvalue weighted by Gasteiger charge is -2.28. The summed E-state index contributed by atoms with van der Waals surface area (Å²) in [7, 11) is 0. The third-order valence-electron chi connectivity index (χ3n) is 8.30. The number of aryl methyl sites for hydroxylation is 2. The summed E-state index contributed by atoms with van der Waals surface area (Å²) < 4.78 is 1.52. The van der Waals surface area contributed by atoms with Gasteiger partial charge in [-0.2, -0.15) is 9.78 Å². The number of benzene rings is 1. The van der Waals surface area contributed by atoms with Crippen LogP contribution in [0.1, 0.15) is 136 Å². The van der Waals surface area contributed by atoms with Crippen LogP contribution in [0.4, 0.5) is 11.5 Å². The first-order chi connectivity index (χ1) is 17.7. The maximum Gasteiger partial charge on any atom is 0.256 e. The number of para-hydroxylation sites is 1. The summed E-state index contributed by atoms with van der Waals surface area (Å²) in [4.78, 5) is 13.6. The van der Waals surface area contributed by atoms with E-state index in [2.05, 4.69) is 35.5 Å². The van der Waals surface area contributed by atoms with Crippen molar-refractivity contribution in [3.63, 3.8) is 0 Å². The molecule has 5 nitrogen and oxygen atoms in total. The van der Waals surface area contributed by atoms with Gasteiger partial charge in [-0.25, -0.2) is 0 Å². The number of hydrogen-bond donors (Lipinski definition) is 2. The maximum atomic E-state index is 13.6. The lowest BCUT2D eigenvalue weighted by atomic mass is 9.87. The van der Waals surface area contributed by atoms with Crippen molar-refractivity contribution >= 4 is 17.4 Å². The van der Waals surface area contributed by atoms with Gasteiger partial charge in [0.1, 0.15) is 5.82 Å². The minimum Gasteiger partial charge on any atom is -0.385 e. The zero-order chi connectivity index (χ0) is 25.2. The molecule has 0 spiro atoms. The quantitative estimate of drug-likeness (QED) is 0.264. The highest BCUT2D eigenvalue weighted by Crippen LogP contribution is 2.37. The third-order valence-corrected chi connectivity index (χ3v) is 8.30. The summed E-state index contributed by atoms with van der Waals surface area (Å²) in [5.41, 5.74) is 12.2. The second-order valence-electron chi connectivity index (χ2n) is 11.1. The van der Waals surface area contributed by atoms with E-state index in [-0.39, 0.29) is 11.8 Å². The minimum absolute atomic E-state index is 0.0344. The van der Waals surface area contributed by atoms with Crippen molar-refractivity contribution < 1.29 is 4.79 Å². The van der Waals surface area contributed by atoms with Crippen LogP contribution in [0.5, 0.6) is 0 Å². The first kappa shape index (κ1) is 26.8. The average Bonchev–Trinajstić information content (AvgIpc) is 3.25. The van der Waals surface area contributed by atoms with E-state index < -0.39 is 0 Å². The number of carbonyl (C=O) groups is 1. The Morgan fingerprint density at radius 3 is 2.33 bits per heavy atom. The number of carbonyl (C=O) groups excluding carboxylic acids is 1. The molecule has 0 bridgehead atoms. The van der Waals surface area contributed by atoms with Crippen molar-refractivity contribution in [3.8, 4) is 0 Å². The Bertz CT molecular complexity index is 979. The second kappa shape index (κ2) is 13.9. The van der Waals surface area contributed by atoms with E-state index in [1.165, 1.54) is 93.0 Å². The fraction of sp³-hybridized carbons (Fsp3) is 0.677. The predicted molar refractivity (Wildman–Crippen MR) is 151 cm³/mol. The molecule has 0 saturated heterocycles. The van der Waals surface area contributed by atoms with Gasteiger partial charge < -0.3 is 11.1 Å². The molecule has 1 aromatic carbocycles. The molecule has 3 N–H and O–H groups in total. The summed E-state index contributed by atoms with van der Waals surface area (Å²) in [5, 5.41) is 8.27. The zero-order valence-corrected chi connectivity index (χ0v) is 22.6. The molecule has 0 saturated carbocycles. The molecule has 1 atom stereocenters. The van der Waals surface area contributed by atoms with Crippen molar-refractivity contribution in [3.05, 3.63) is 40.6 Å². The molecular formula is C31H48N4O. The summed E-state index contributed by atoms with van der Waals surface area (Å²) in [6, 6.07) is 6.48. The summed E-state index contributed by atoms with van der Waals surface area (Å²) in [5.74, 6) is 0.432. The smallest absolute Gasteiger partial charge is 0.256 e. The molecule has 0 amide bonds. The van der Waals surface area contributed by atoms with Crippen LogP contribution in [0.3, 0.4) is 0 Å². The van der Waals surface area contributed by atoms with Crippen LogP contribution in [-0.4, -0.2) is 22.2 Å². The minimum atomic E-state index is -0.174. The molecule has 1 aliphatic carbocycles. The van der Waals surface area contributed by atoms with Gasteiger partial charge >= 0.3 is 0 Å². The number of nitrogens with one attached hydrogen (secondary N) is 1. The Hall–Kier alpha value is -2.30. The molecule has 2 heterocycles. The second-order valence-corrected chi connectivity index (χ2v) is 11.1. The Labute approximate surface area is 218 Å². The predicted octanol–water partition coefficient (Wildman–Crippen LogP) is 7.83. The summed E-state index contributed by atoms with van der Waals surface area (Å²) in [6.07, 6.45) is 22.4. The SMILES string of the molecule is CCCCCCCCCCCCCCc1cccc2c1NCCC2C(=O)n1nc2c(c1N)CCCC2. The van der Waals surface area contributed by atoms with E-state index in [0.29, 0.717) is 5.82 Å². The molecule has 1 aliphatic heterocycles. The summed E-state index contributed by atoms with van der Waals surface area (Å²) in [6.45, 7) is 3.10. The Morgan fingerprint density at radius 2 is 1.64 bits per heavy atom. The Kier molecular flexibility index (Phi) is 10.3. The Morgan fingerprint density at radius 1 is 0.972 bits per heavy atom. The van der Waals surface area contributed by atoms with E-state index in [1.54, 1.807) is 0 Å². The van der Waals surface area contributed by atoms with E-state index in [4.69, 9.17) is 5.73 Å². The third kappa shape index (κ3) is 6.72.